The molecular weight excluding hydrogens is 312 g/mol. The number of pyridine rings is 1. The maximum Gasteiger partial charge on any atom is 0.306 e. The van der Waals surface area contributed by atoms with Crippen LogP contribution in [0.5, 0.6) is 5.88 Å². The van der Waals surface area contributed by atoms with Crippen molar-refractivity contribution >= 4 is 17.8 Å². The van der Waals surface area contributed by atoms with Crippen molar-refractivity contribution in [1.82, 2.24) is 10.3 Å². The third-order valence-electron chi connectivity index (χ3n) is 4.71. The van der Waals surface area contributed by atoms with Crippen molar-refractivity contribution < 1.29 is 24.2 Å². The van der Waals surface area contributed by atoms with Crippen molar-refractivity contribution in [3.8, 4) is 5.88 Å². The van der Waals surface area contributed by atoms with Crippen molar-refractivity contribution in [2.75, 3.05) is 0 Å². The SMILES string of the molecule is O=C1CCC(c2ccc(OC3CCC(C(=O)O)CC3)nc2)C(=O)N1. The van der Waals surface area contributed by atoms with Gasteiger partial charge in [-0.2, -0.15) is 0 Å². The van der Waals surface area contributed by atoms with E-state index in [1.807, 2.05) is 0 Å². The predicted molar refractivity (Wildman–Crippen MR) is 83.4 cm³/mol. The molecule has 7 heteroatoms. The Morgan fingerprint density at radius 3 is 2.50 bits per heavy atom. The average Bonchev–Trinajstić information content (AvgIpc) is 2.56. The molecular formula is C17H20N2O5. The molecule has 2 amide bonds. The maximum atomic E-state index is 11.9. The summed E-state index contributed by atoms with van der Waals surface area (Å²) < 4.78 is 5.81. The van der Waals surface area contributed by atoms with E-state index < -0.39 is 5.97 Å². The van der Waals surface area contributed by atoms with Crippen molar-refractivity contribution in [3.63, 3.8) is 0 Å². The number of hydrogen-bond acceptors (Lipinski definition) is 5. The van der Waals surface area contributed by atoms with Crippen molar-refractivity contribution in [2.45, 2.75) is 50.5 Å². The first-order valence-corrected chi connectivity index (χ1v) is 8.22. The molecule has 1 aromatic rings. The van der Waals surface area contributed by atoms with Crippen LogP contribution in [-0.2, 0) is 14.4 Å². The standard InChI is InChI=1S/C17H20N2O5/c20-14-7-6-13(16(21)19-14)11-3-8-15(18-9-11)24-12-4-1-10(2-5-12)17(22)23/h3,8-10,12-13H,1-2,4-7H2,(H,22,23)(H,19,20,21). The van der Waals surface area contributed by atoms with Gasteiger partial charge in [0, 0.05) is 18.7 Å². The zero-order valence-corrected chi connectivity index (χ0v) is 13.2. The monoisotopic (exact) mass is 332 g/mol. The van der Waals surface area contributed by atoms with E-state index in [0.717, 1.165) is 5.56 Å². The van der Waals surface area contributed by atoms with Crippen LogP contribution in [0.1, 0.15) is 50.0 Å². The molecule has 128 valence electrons. The number of aliphatic carboxylic acids is 1. The number of nitrogens with one attached hydrogen (secondary N) is 1. The van der Waals surface area contributed by atoms with Crippen molar-refractivity contribution in [3.05, 3.63) is 23.9 Å². The summed E-state index contributed by atoms with van der Waals surface area (Å²) in [5, 5.41) is 11.3. The Bertz CT molecular complexity index is 635. The molecule has 2 aliphatic rings. The summed E-state index contributed by atoms with van der Waals surface area (Å²) in [7, 11) is 0. The number of carboxylic acid groups (broad SMARTS) is 1. The van der Waals surface area contributed by atoms with E-state index in [9.17, 15) is 14.4 Å². The normalized spacial score (nSPS) is 27.4. The van der Waals surface area contributed by atoms with Crippen molar-refractivity contribution in [2.24, 2.45) is 5.92 Å². The molecule has 2 fully saturated rings. The number of nitrogens with zero attached hydrogens (tertiary/aromatic N) is 1. The summed E-state index contributed by atoms with van der Waals surface area (Å²) in [6.45, 7) is 0. The second-order valence-electron chi connectivity index (χ2n) is 6.36. The van der Waals surface area contributed by atoms with Crippen LogP contribution in [0.2, 0.25) is 0 Å². The number of aromatic nitrogens is 1. The number of carboxylic acids is 1. The molecule has 0 radical (unpaired) electrons. The van der Waals surface area contributed by atoms with Gasteiger partial charge in [-0.3, -0.25) is 19.7 Å². The highest BCUT2D eigenvalue weighted by Crippen LogP contribution is 2.29. The molecule has 1 atom stereocenters. The highest BCUT2D eigenvalue weighted by atomic mass is 16.5. The van der Waals surface area contributed by atoms with Crippen LogP contribution < -0.4 is 10.1 Å². The second kappa shape index (κ2) is 6.98. The molecule has 3 rings (SSSR count). The van der Waals surface area contributed by atoms with Crippen LogP contribution >= 0.6 is 0 Å². The lowest BCUT2D eigenvalue weighted by molar-refractivity contribution is -0.143. The van der Waals surface area contributed by atoms with Gasteiger partial charge in [-0.25, -0.2) is 4.98 Å². The van der Waals surface area contributed by atoms with Crippen LogP contribution in [-0.4, -0.2) is 34.0 Å². The molecule has 1 saturated carbocycles. The fourth-order valence-electron chi connectivity index (χ4n) is 3.28. The first kappa shape index (κ1) is 16.4. The maximum absolute atomic E-state index is 11.9. The van der Waals surface area contributed by atoms with Gasteiger partial charge >= 0.3 is 5.97 Å². The molecule has 2 N–H and O–H groups in total. The molecule has 1 aromatic heterocycles. The van der Waals surface area contributed by atoms with E-state index >= 15 is 0 Å². The molecule has 0 aromatic carbocycles. The average molecular weight is 332 g/mol. The number of hydrogen-bond donors (Lipinski definition) is 2. The van der Waals surface area contributed by atoms with E-state index in [1.54, 1.807) is 18.3 Å². The van der Waals surface area contributed by atoms with Gasteiger partial charge in [0.15, 0.2) is 0 Å². The summed E-state index contributed by atoms with van der Waals surface area (Å²) in [5.74, 6) is -1.40. The Morgan fingerprint density at radius 1 is 1.17 bits per heavy atom. The predicted octanol–water partition coefficient (Wildman–Crippen LogP) is 1.62. The van der Waals surface area contributed by atoms with E-state index in [4.69, 9.17) is 9.84 Å². The number of ether oxygens (including phenoxy) is 1. The van der Waals surface area contributed by atoms with E-state index in [0.29, 0.717) is 44.4 Å². The van der Waals surface area contributed by atoms with Crippen LogP contribution in [0.4, 0.5) is 0 Å². The minimum atomic E-state index is -0.736. The van der Waals surface area contributed by atoms with Gasteiger partial charge in [0.05, 0.1) is 11.8 Å². The lowest BCUT2D eigenvalue weighted by Gasteiger charge is -2.26. The Labute approximate surface area is 139 Å². The Hall–Kier alpha value is -2.44. The molecule has 2 heterocycles. The molecule has 7 nitrogen and oxygen atoms in total. The third-order valence-corrected chi connectivity index (χ3v) is 4.71. The minimum absolute atomic E-state index is 0.0189. The Balaban J connectivity index is 1.56. The van der Waals surface area contributed by atoms with E-state index in [1.165, 1.54) is 0 Å². The third kappa shape index (κ3) is 3.72. The zero-order valence-electron chi connectivity index (χ0n) is 13.2. The van der Waals surface area contributed by atoms with Gasteiger partial charge in [-0.1, -0.05) is 6.07 Å². The van der Waals surface area contributed by atoms with Gasteiger partial charge < -0.3 is 9.84 Å². The topological polar surface area (TPSA) is 106 Å². The summed E-state index contributed by atoms with van der Waals surface area (Å²) in [6, 6.07) is 3.52. The molecule has 1 aliphatic carbocycles. The number of imide groups is 1. The molecule has 0 spiro atoms. The number of rotatable bonds is 4. The lowest BCUT2D eigenvalue weighted by Crippen LogP contribution is -2.39. The van der Waals surface area contributed by atoms with Gasteiger partial charge in [0.25, 0.3) is 0 Å². The fraction of sp³-hybridized carbons (Fsp3) is 0.529. The zero-order chi connectivity index (χ0) is 17.1. The van der Waals surface area contributed by atoms with Crippen LogP contribution in [0.15, 0.2) is 18.3 Å². The summed E-state index contributed by atoms with van der Waals surface area (Å²) in [6.07, 6.45) is 5.06. The smallest absolute Gasteiger partial charge is 0.306 e. The highest BCUT2D eigenvalue weighted by molar-refractivity contribution is 6.00. The van der Waals surface area contributed by atoms with Crippen LogP contribution in [0.3, 0.4) is 0 Å². The Kier molecular flexibility index (Phi) is 4.78. The quantitative estimate of drug-likeness (QED) is 0.812. The van der Waals surface area contributed by atoms with Crippen LogP contribution in [0.25, 0.3) is 0 Å². The number of carbonyl (C=O) groups is 3. The molecule has 1 aliphatic heterocycles. The highest BCUT2D eigenvalue weighted by Gasteiger charge is 2.29. The van der Waals surface area contributed by atoms with Crippen LogP contribution in [0, 0.1) is 5.92 Å². The summed E-state index contributed by atoms with van der Waals surface area (Å²) >= 11 is 0. The van der Waals surface area contributed by atoms with Gasteiger partial charge in [-0.15, -0.1) is 0 Å². The summed E-state index contributed by atoms with van der Waals surface area (Å²) in [4.78, 5) is 38.2. The largest absolute Gasteiger partial charge is 0.481 e. The fourth-order valence-corrected chi connectivity index (χ4v) is 3.28. The second-order valence-corrected chi connectivity index (χ2v) is 6.36. The van der Waals surface area contributed by atoms with Gasteiger partial charge in [0.1, 0.15) is 6.10 Å². The molecule has 1 saturated heterocycles. The first-order valence-electron chi connectivity index (χ1n) is 8.22. The molecule has 0 bridgehead atoms. The van der Waals surface area contributed by atoms with Crippen molar-refractivity contribution in [1.29, 1.82) is 0 Å². The number of carbonyl (C=O) groups excluding carboxylic acids is 2. The summed E-state index contributed by atoms with van der Waals surface area (Å²) in [5.41, 5.74) is 0.766. The molecule has 1 unspecified atom stereocenters. The Morgan fingerprint density at radius 2 is 1.92 bits per heavy atom. The first-order chi connectivity index (χ1) is 11.5. The minimum Gasteiger partial charge on any atom is -0.481 e. The van der Waals surface area contributed by atoms with E-state index in [2.05, 4.69) is 10.3 Å². The van der Waals surface area contributed by atoms with E-state index in [-0.39, 0.29) is 29.8 Å². The number of piperidine rings is 1. The van der Waals surface area contributed by atoms with Gasteiger partial charge in [-0.05, 0) is 37.7 Å². The molecule has 24 heavy (non-hydrogen) atoms. The number of amides is 2. The van der Waals surface area contributed by atoms with Gasteiger partial charge in [0.2, 0.25) is 17.7 Å². The lowest BCUT2D eigenvalue weighted by atomic mass is 9.87.